The van der Waals surface area contributed by atoms with Crippen molar-refractivity contribution in [3.8, 4) is 5.75 Å². The molecule has 1 aliphatic heterocycles. The van der Waals surface area contributed by atoms with E-state index in [2.05, 4.69) is 10.1 Å². The van der Waals surface area contributed by atoms with Gasteiger partial charge < -0.3 is 24.3 Å². The number of rotatable bonds is 7. The van der Waals surface area contributed by atoms with Crippen molar-refractivity contribution in [1.82, 2.24) is 10.2 Å². The van der Waals surface area contributed by atoms with Crippen molar-refractivity contribution in [2.45, 2.75) is 19.6 Å². The fraction of sp³-hybridized carbons (Fsp3) is 0.200. The van der Waals surface area contributed by atoms with E-state index >= 15 is 0 Å². The van der Waals surface area contributed by atoms with E-state index in [1.54, 1.807) is 24.3 Å². The second kappa shape index (κ2) is 8.52. The Balaban J connectivity index is 1.74. The fourth-order valence-corrected chi connectivity index (χ4v) is 2.64. The standard InChI is InChI=1S/C20H18N2O8/c1-11(18(24)25)29-13-5-3-4-12(8-13)9-15-17(23)22(20(27)21-15)10-14-6-7-16(30-14)19(26)28-2/h3-9,11H,10H2,1-2H3,(H,21,27)(H,24,25)/b15-9-/t11-/m1/s1. The Morgan fingerprint density at radius 3 is 2.73 bits per heavy atom. The van der Waals surface area contributed by atoms with Gasteiger partial charge in [0.05, 0.1) is 13.7 Å². The molecule has 1 aromatic heterocycles. The number of furan rings is 1. The molecule has 0 radical (unpaired) electrons. The maximum Gasteiger partial charge on any atom is 0.373 e. The van der Waals surface area contributed by atoms with Crippen LogP contribution in [0.2, 0.25) is 0 Å². The molecule has 0 aliphatic carbocycles. The Kier molecular flexibility index (Phi) is 5.86. The van der Waals surface area contributed by atoms with Gasteiger partial charge in [0.25, 0.3) is 5.91 Å². The van der Waals surface area contributed by atoms with Gasteiger partial charge in [-0.25, -0.2) is 14.4 Å². The van der Waals surface area contributed by atoms with E-state index in [1.807, 2.05) is 0 Å². The Morgan fingerprint density at radius 1 is 1.27 bits per heavy atom. The topological polar surface area (TPSA) is 135 Å². The van der Waals surface area contributed by atoms with E-state index in [9.17, 15) is 19.2 Å². The first-order valence-electron chi connectivity index (χ1n) is 8.79. The van der Waals surface area contributed by atoms with Gasteiger partial charge in [-0.2, -0.15) is 0 Å². The van der Waals surface area contributed by atoms with E-state index < -0.39 is 30.0 Å². The third-order valence-electron chi connectivity index (χ3n) is 4.15. The molecule has 156 valence electrons. The number of amides is 3. The predicted octanol–water partition coefficient (Wildman–Crippen LogP) is 2.01. The van der Waals surface area contributed by atoms with Gasteiger partial charge in [0.2, 0.25) is 5.76 Å². The van der Waals surface area contributed by atoms with E-state index in [0.717, 1.165) is 4.90 Å². The van der Waals surface area contributed by atoms with Crippen LogP contribution in [0.15, 0.2) is 46.5 Å². The molecular formula is C20H18N2O8. The molecule has 1 atom stereocenters. The molecule has 2 aromatic rings. The lowest BCUT2D eigenvalue weighted by molar-refractivity contribution is -0.144. The highest BCUT2D eigenvalue weighted by Gasteiger charge is 2.34. The molecule has 3 rings (SSSR count). The van der Waals surface area contributed by atoms with E-state index in [4.69, 9.17) is 14.3 Å². The number of methoxy groups -OCH3 is 1. The Labute approximate surface area is 170 Å². The number of ether oxygens (including phenoxy) is 2. The van der Waals surface area contributed by atoms with Crippen molar-refractivity contribution in [3.05, 3.63) is 59.2 Å². The maximum atomic E-state index is 12.6. The molecule has 1 aromatic carbocycles. The second-order valence-corrected chi connectivity index (χ2v) is 6.31. The molecule has 0 saturated carbocycles. The van der Waals surface area contributed by atoms with Gasteiger partial charge in [-0.3, -0.25) is 9.69 Å². The monoisotopic (exact) mass is 414 g/mol. The molecule has 3 amide bonds. The highest BCUT2D eigenvalue weighted by atomic mass is 16.5. The number of carbonyl (C=O) groups excluding carboxylic acids is 3. The van der Waals surface area contributed by atoms with Crippen molar-refractivity contribution in [2.75, 3.05) is 7.11 Å². The third kappa shape index (κ3) is 4.49. The first-order valence-corrected chi connectivity index (χ1v) is 8.79. The van der Waals surface area contributed by atoms with Gasteiger partial charge in [-0.15, -0.1) is 0 Å². The number of carboxylic acid groups (broad SMARTS) is 1. The number of nitrogens with one attached hydrogen (secondary N) is 1. The largest absolute Gasteiger partial charge is 0.479 e. The average molecular weight is 414 g/mol. The quantitative estimate of drug-likeness (QED) is 0.399. The van der Waals surface area contributed by atoms with E-state index in [-0.39, 0.29) is 23.8 Å². The van der Waals surface area contributed by atoms with Gasteiger partial charge in [-0.05, 0) is 42.8 Å². The summed E-state index contributed by atoms with van der Waals surface area (Å²) in [6.07, 6.45) is 0.403. The Bertz CT molecular complexity index is 1040. The van der Waals surface area contributed by atoms with Crippen LogP contribution in [-0.2, 0) is 20.9 Å². The van der Waals surface area contributed by atoms with Crippen LogP contribution in [0.5, 0.6) is 5.75 Å². The number of esters is 1. The zero-order valence-electron chi connectivity index (χ0n) is 16.1. The predicted molar refractivity (Wildman–Crippen MR) is 101 cm³/mol. The zero-order valence-corrected chi connectivity index (χ0v) is 16.1. The minimum atomic E-state index is -1.11. The van der Waals surface area contributed by atoms with Gasteiger partial charge >= 0.3 is 18.0 Å². The van der Waals surface area contributed by atoms with Gasteiger partial charge in [0.1, 0.15) is 17.2 Å². The van der Waals surface area contributed by atoms with Crippen molar-refractivity contribution < 1.29 is 38.2 Å². The molecule has 1 aliphatic rings. The van der Waals surface area contributed by atoms with Crippen LogP contribution >= 0.6 is 0 Å². The smallest absolute Gasteiger partial charge is 0.373 e. The molecule has 0 unspecified atom stereocenters. The molecule has 30 heavy (non-hydrogen) atoms. The van der Waals surface area contributed by atoms with Gasteiger partial charge in [-0.1, -0.05) is 12.1 Å². The highest BCUT2D eigenvalue weighted by molar-refractivity contribution is 6.13. The number of imide groups is 1. The normalized spacial score (nSPS) is 15.8. The number of nitrogens with zero attached hydrogens (tertiary/aromatic N) is 1. The molecule has 1 fully saturated rings. The SMILES string of the molecule is COC(=O)c1ccc(CN2C(=O)N/C(=C\c3cccc(O[C@H](C)C(=O)O)c3)C2=O)o1. The molecule has 1 saturated heterocycles. The highest BCUT2D eigenvalue weighted by Crippen LogP contribution is 2.21. The number of carboxylic acids is 1. The van der Waals surface area contributed by atoms with Crippen LogP contribution in [-0.4, -0.2) is 47.1 Å². The average Bonchev–Trinajstić information content (AvgIpc) is 3.28. The molecule has 2 heterocycles. The summed E-state index contributed by atoms with van der Waals surface area (Å²) >= 11 is 0. The Hall–Kier alpha value is -4.08. The number of hydrogen-bond acceptors (Lipinski definition) is 7. The fourth-order valence-electron chi connectivity index (χ4n) is 2.64. The zero-order chi connectivity index (χ0) is 21.8. The van der Waals surface area contributed by atoms with Crippen LogP contribution < -0.4 is 10.1 Å². The summed E-state index contributed by atoms with van der Waals surface area (Å²) in [6, 6.07) is 8.64. The minimum Gasteiger partial charge on any atom is -0.479 e. The maximum absolute atomic E-state index is 12.6. The molecule has 0 spiro atoms. The number of benzene rings is 1. The van der Waals surface area contributed by atoms with Gasteiger partial charge in [0, 0.05) is 0 Å². The second-order valence-electron chi connectivity index (χ2n) is 6.31. The number of aliphatic carboxylic acids is 1. The van der Waals surface area contributed by atoms with Crippen LogP contribution in [0.3, 0.4) is 0 Å². The van der Waals surface area contributed by atoms with E-state index in [0.29, 0.717) is 11.3 Å². The lowest BCUT2D eigenvalue weighted by Crippen LogP contribution is -2.30. The Morgan fingerprint density at radius 2 is 2.03 bits per heavy atom. The summed E-state index contributed by atoms with van der Waals surface area (Å²) in [7, 11) is 1.21. The first kappa shape index (κ1) is 20.6. The van der Waals surface area contributed by atoms with Crippen LogP contribution in [0.4, 0.5) is 4.79 Å². The van der Waals surface area contributed by atoms with Crippen molar-refractivity contribution in [3.63, 3.8) is 0 Å². The number of urea groups is 1. The van der Waals surface area contributed by atoms with Gasteiger partial charge in [0.15, 0.2) is 6.10 Å². The van der Waals surface area contributed by atoms with E-state index in [1.165, 1.54) is 32.2 Å². The van der Waals surface area contributed by atoms with Crippen molar-refractivity contribution in [1.29, 1.82) is 0 Å². The lowest BCUT2D eigenvalue weighted by atomic mass is 10.1. The summed E-state index contributed by atoms with van der Waals surface area (Å²) in [5.41, 5.74) is 0.560. The number of hydrogen-bond donors (Lipinski definition) is 2. The first-order chi connectivity index (χ1) is 14.3. The van der Waals surface area contributed by atoms with Crippen LogP contribution in [0.25, 0.3) is 6.08 Å². The summed E-state index contributed by atoms with van der Waals surface area (Å²) in [4.78, 5) is 48.1. The minimum absolute atomic E-state index is 0.0307. The summed E-state index contributed by atoms with van der Waals surface area (Å²) < 4.78 is 15.1. The lowest BCUT2D eigenvalue weighted by Gasteiger charge is -2.10. The molecular weight excluding hydrogens is 396 g/mol. The molecule has 2 N–H and O–H groups in total. The molecule has 0 bridgehead atoms. The third-order valence-corrected chi connectivity index (χ3v) is 4.15. The van der Waals surface area contributed by atoms with Crippen molar-refractivity contribution in [2.24, 2.45) is 0 Å². The molecule has 10 nitrogen and oxygen atoms in total. The number of carbonyl (C=O) groups is 4. The van der Waals surface area contributed by atoms with Crippen LogP contribution in [0, 0.1) is 0 Å². The molecule has 10 heteroatoms. The summed E-state index contributed by atoms with van der Waals surface area (Å²) in [5, 5.41) is 11.4. The van der Waals surface area contributed by atoms with Crippen LogP contribution in [0.1, 0.15) is 28.8 Å². The van der Waals surface area contributed by atoms with Crippen molar-refractivity contribution >= 4 is 30.0 Å². The summed E-state index contributed by atoms with van der Waals surface area (Å²) in [5.74, 6) is -1.86. The summed E-state index contributed by atoms with van der Waals surface area (Å²) in [6.45, 7) is 1.23.